The van der Waals surface area contributed by atoms with Crippen molar-refractivity contribution in [1.82, 2.24) is 10.9 Å². The predicted octanol–water partition coefficient (Wildman–Crippen LogP) is 4.14. The van der Waals surface area contributed by atoms with E-state index in [2.05, 4.69) is 10.9 Å². The fraction of sp³-hybridized carbons (Fsp3) is 0.400. The molecule has 2 aliphatic carbocycles. The fourth-order valence-electron chi connectivity index (χ4n) is 4.33. The van der Waals surface area contributed by atoms with Crippen LogP contribution >= 0.6 is 11.3 Å². The first-order chi connectivity index (χ1) is 12.6. The van der Waals surface area contributed by atoms with Gasteiger partial charge in [-0.2, -0.15) is 0 Å². The van der Waals surface area contributed by atoms with E-state index < -0.39 is 0 Å². The molecule has 1 heterocycles. The van der Waals surface area contributed by atoms with E-state index in [0.717, 1.165) is 22.8 Å². The van der Waals surface area contributed by atoms with Crippen molar-refractivity contribution >= 4 is 23.2 Å². The molecule has 0 spiro atoms. The number of amides is 2. The van der Waals surface area contributed by atoms with E-state index in [-0.39, 0.29) is 17.6 Å². The standard InChI is InChI=1S/C20H21FN2O2S/c21-16-5-3-13(4-6-16)17-7-8-18(26-17)20(25)23-22-19(24)11-15-10-12-1-2-14(15)9-12/h3-8,12,14-15H,1-2,9-11H2,(H,22,24)(H,23,25)/t12-,14+,15+/m0/s1. The average Bonchev–Trinajstić information content (AvgIpc) is 3.37. The van der Waals surface area contributed by atoms with Crippen LogP contribution in [0.25, 0.3) is 10.4 Å². The Morgan fingerprint density at radius 1 is 1.04 bits per heavy atom. The van der Waals surface area contributed by atoms with Crippen molar-refractivity contribution in [2.45, 2.75) is 32.1 Å². The third-order valence-electron chi connectivity index (χ3n) is 5.61. The first-order valence-electron chi connectivity index (χ1n) is 9.03. The molecule has 4 rings (SSSR count). The van der Waals surface area contributed by atoms with Gasteiger partial charge in [0.25, 0.3) is 5.91 Å². The van der Waals surface area contributed by atoms with E-state index in [9.17, 15) is 14.0 Å². The van der Waals surface area contributed by atoms with Gasteiger partial charge in [-0.3, -0.25) is 20.4 Å². The SMILES string of the molecule is O=C(C[C@H]1C[C@H]2CC[C@@H]1C2)NNC(=O)c1ccc(-c2ccc(F)cc2)s1. The van der Waals surface area contributed by atoms with E-state index in [4.69, 9.17) is 0 Å². The van der Waals surface area contributed by atoms with Crippen molar-refractivity contribution in [1.29, 1.82) is 0 Å². The van der Waals surface area contributed by atoms with Crippen LogP contribution < -0.4 is 10.9 Å². The summed E-state index contributed by atoms with van der Waals surface area (Å²) in [5.41, 5.74) is 5.90. The van der Waals surface area contributed by atoms with Crippen molar-refractivity contribution in [3.8, 4) is 10.4 Å². The number of rotatable bonds is 4. The van der Waals surface area contributed by atoms with Gasteiger partial charge in [0.15, 0.2) is 0 Å². The molecule has 1 aromatic heterocycles. The highest BCUT2D eigenvalue weighted by Gasteiger charge is 2.40. The minimum absolute atomic E-state index is 0.119. The number of thiophene rings is 1. The van der Waals surface area contributed by atoms with Crippen LogP contribution in [0.1, 0.15) is 41.8 Å². The molecular formula is C20H21FN2O2S. The fourth-order valence-corrected chi connectivity index (χ4v) is 5.24. The molecule has 26 heavy (non-hydrogen) atoms. The maximum atomic E-state index is 13.0. The smallest absolute Gasteiger partial charge is 0.273 e. The van der Waals surface area contributed by atoms with Crippen molar-refractivity contribution in [3.63, 3.8) is 0 Å². The molecule has 2 saturated carbocycles. The number of hydrogen-bond acceptors (Lipinski definition) is 3. The van der Waals surface area contributed by atoms with Crippen molar-refractivity contribution in [2.24, 2.45) is 17.8 Å². The molecule has 2 amide bonds. The molecule has 2 aromatic rings. The van der Waals surface area contributed by atoms with Crippen LogP contribution in [0.4, 0.5) is 4.39 Å². The molecular weight excluding hydrogens is 351 g/mol. The first-order valence-corrected chi connectivity index (χ1v) is 9.85. The number of carbonyl (C=O) groups excluding carboxylic acids is 2. The molecule has 0 saturated heterocycles. The summed E-state index contributed by atoms with van der Waals surface area (Å²) in [6.45, 7) is 0. The lowest BCUT2D eigenvalue weighted by atomic mass is 9.86. The number of hydrazine groups is 1. The molecule has 0 unspecified atom stereocenters. The lowest BCUT2D eigenvalue weighted by molar-refractivity contribution is -0.123. The highest BCUT2D eigenvalue weighted by Crippen LogP contribution is 2.49. The Hall–Kier alpha value is -2.21. The zero-order valence-electron chi connectivity index (χ0n) is 14.3. The Bertz CT molecular complexity index is 817. The third kappa shape index (κ3) is 3.65. The molecule has 136 valence electrons. The number of nitrogens with one attached hydrogen (secondary N) is 2. The van der Waals surface area contributed by atoms with Gasteiger partial charge < -0.3 is 0 Å². The summed E-state index contributed by atoms with van der Waals surface area (Å²) >= 11 is 1.31. The van der Waals surface area contributed by atoms with Crippen LogP contribution in [0, 0.1) is 23.6 Å². The summed E-state index contributed by atoms with van der Waals surface area (Å²) in [6.07, 6.45) is 5.47. The number of carbonyl (C=O) groups is 2. The molecule has 2 fully saturated rings. The first kappa shape index (κ1) is 17.2. The van der Waals surface area contributed by atoms with Crippen LogP contribution in [0.5, 0.6) is 0 Å². The second kappa shape index (κ2) is 7.19. The Morgan fingerprint density at radius 3 is 2.54 bits per heavy atom. The van der Waals surface area contributed by atoms with Gasteiger partial charge in [-0.15, -0.1) is 11.3 Å². The minimum Gasteiger partial charge on any atom is -0.273 e. The van der Waals surface area contributed by atoms with Crippen LogP contribution in [0.3, 0.4) is 0 Å². The van der Waals surface area contributed by atoms with Crippen molar-refractivity contribution < 1.29 is 14.0 Å². The molecule has 2 aliphatic rings. The third-order valence-corrected chi connectivity index (χ3v) is 6.74. The van der Waals surface area contributed by atoms with E-state index in [1.54, 1.807) is 18.2 Å². The Balaban J connectivity index is 1.29. The molecule has 1 aromatic carbocycles. The normalized spacial score (nSPS) is 23.8. The minimum atomic E-state index is -0.329. The summed E-state index contributed by atoms with van der Waals surface area (Å²) in [5.74, 6) is 1.23. The van der Waals surface area contributed by atoms with Crippen LogP contribution in [-0.4, -0.2) is 11.8 Å². The molecule has 2 N–H and O–H groups in total. The lowest BCUT2D eigenvalue weighted by Gasteiger charge is -2.20. The molecule has 4 nitrogen and oxygen atoms in total. The van der Waals surface area contributed by atoms with E-state index >= 15 is 0 Å². The van der Waals surface area contributed by atoms with Gasteiger partial charge in [-0.05, 0) is 66.8 Å². The number of hydrogen-bond donors (Lipinski definition) is 2. The number of benzene rings is 1. The summed E-state index contributed by atoms with van der Waals surface area (Å²) in [6, 6.07) is 9.68. The molecule has 3 atom stereocenters. The average molecular weight is 372 g/mol. The predicted molar refractivity (Wildman–Crippen MR) is 98.9 cm³/mol. The highest BCUT2D eigenvalue weighted by atomic mass is 32.1. The summed E-state index contributed by atoms with van der Waals surface area (Å²) in [7, 11) is 0. The van der Waals surface area contributed by atoms with Gasteiger partial charge >= 0.3 is 0 Å². The summed E-state index contributed by atoms with van der Waals surface area (Å²) < 4.78 is 13.0. The Labute approximate surface area is 155 Å². The maximum Gasteiger partial charge on any atom is 0.279 e. The van der Waals surface area contributed by atoms with Crippen LogP contribution in [0.2, 0.25) is 0 Å². The van der Waals surface area contributed by atoms with E-state index in [1.807, 2.05) is 6.07 Å². The molecule has 2 bridgehead atoms. The van der Waals surface area contributed by atoms with Gasteiger partial charge in [0.1, 0.15) is 5.82 Å². The number of halogens is 1. The number of fused-ring (bicyclic) bond motifs is 2. The molecule has 6 heteroatoms. The largest absolute Gasteiger partial charge is 0.279 e. The maximum absolute atomic E-state index is 13.0. The zero-order chi connectivity index (χ0) is 18.1. The Kier molecular flexibility index (Phi) is 4.76. The quantitative estimate of drug-likeness (QED) is 0.793. The second-order valence-corrected chi connectivity index (χ2v) is 8.40. The molecule has 0 aliphatic heterocycles. The summed E-state index contributed by atoms with van der Waals surface area (Å²) in [5, 5.41) is 0. The van der Waals surface area contributed by atoms with Crippen molar-refractivity contribution in [2.75, 3.05) is 0 Å². The van der Waals surface area contributed by atoms with Gasteiger partial charge in [0, 0.05) is 11.3 Å². The van der Waals surface area contributed by atoms with Gasteiger partial charge in [0.2, 0.25) is 5.91 Å². The van der Waals surface area contributed by atoms with E-state index in [1.165, 1.54) is 42.7 Å². The zero-order valence-corrected chi connectivity index (χ0v) is 15.2. The summed E-state index contributed by atoms with van der Waals surface area (Å²) in [4.78, 5) is 25.7. The van der Waals surface area contributed by atoms with Crippen LogP contribution in [-0.2, 0) is 4.79 Å². The highest BCUT2D eigenvalue weighted by molar-refractivity contribution is 7.17. The van der Waals surface area contributed by atoms with Gasteiger partial charge in [0.05, 0.1) is 4.88 Å². The molecule has 0 radical (unpaired) electrons. The van der Waals surface area contributed by atoms with Crippen LogP contribution in [0.15, 0.2) is 36.4 Å². The van der Waals surface area contributed by atoms with Crippen molar-refractivity contribution in [3.05, 3.63) is 47.1 Å². The van der Waals surface area contributed by atoms with Gasteiger partial charge in [-0.1, -0.05) is 18.6 Å². The van der Waals surface area contributed by atoms with E-state index in [0.29, 0.717) is 23.1 Å². The Morgan fingerprint density at radius 2 is 1.85 bits per heavy atom. The lowest BCUT2D eigenvalue weighted by Crippen LogP contribution is -2.42. The second-order valence-electron chi connectivity index (χ2n) is 7.31. The topological polar surface area (TPSA) is 58.2 Å². The van der Waals surface area contributed by atoms with Gasteiger partial charge in [-0.25, -0.2) is 4.39 Å². The monoisotopic (exact) mass is 372 g/mol.